The molecule has 0 radical (unpaired) electrons. The molecule has 1 aromatic rings. The fraction of sp³-hybridized carbons (Fsp3) is 0.769. The monoisotopic (exact) mass is 237 g/mol. The molecule has 2 N–H and O–H groups in total. The van der Waals surface area contributed by atoms with Crippen LogP contribution in [-0.2, 0) is 13.6 Å². The van der Waals surface area contributed by atoms with E-state index < -0.39 is 0 Å². The van der Waals surface area contributed by atoms with Crippen LogP contribution in [0.4, 0.5) is 0 Å². The molecule has 0 unspecified atom stereocenters. The molecular formula is C13H23N3O. The fourth-order valence-corrected chi connectivity index (χ4v) is 2.54. The van der Waals surface area contributed by atoms with E-state index in [-0.39, 0.29) is 12.1 Å². The van der Waals surface area contributed by atoms with Gasteiger partial charge < -0.3 is 10.4 Å². The molecule has 0 amide bonds. The third kappa shape index (κ3) is 3.07. The van der Waals surface area contributed by atoms with E-state index in [1.807, 2.05) is 24.0 Å². The minimum Gasteiger partial charge on any atom is -0.394 e. The Morgan fingerprint density at radius 1 is 1.53 bits per heavy atom. The highest BCUT2D eigenvalue weighted by Crippen LogP contribution is 2.31. The molecule has 0 aromatic carbocycles. The van der Waals surface area contributed by atoms with Crippen molar-refractivity contribution in [2.24, 2.45) is 13.0 Å². The molecule has 4 nitrogen and oxygen atoms in total. The summed E-state index contributed by atoms with van der Waals surface area (Å²) in [7, 11) is 1.92. The van der Waals surface area contributed by atoms with Gasteiger partial charge in [-0.1, -0.05) is 6.92 Å². The van der Waals surface area contributed by atoms with Gasteiger partial charge >= 0.3 is 0 Å². The second kappa shape index (κ2) is 5.19. The van der Waals surface area contributed by atoms with Crippen LogP contribution < -0.4 is 5.32 Å². The van der Waals surface area contributed by atoms with Crippen molar-refractivity contribution in [3.8, 4) is 0 Å². The number of nitrogens with zero attached hydrogens (tertiary/aromatic N) is 2. The minimum atomic E-state index is -0.0793. The van der Waals surface area contributed by atoms with E-state index in [1.54, 1.807) is 0 Å². The van der Waals surface area contributed by atoms with Gasteiger partial charge in [-0.05, 0) is 37.7 Å². The van der Waals surface area contributed by atoms with Gasteiger partial charge in [0, 0.05) is 25.3 Å². The maximum atomic E-state index is 9.62. The molecule has 1 saturated carbocycles. The molecule has 1 heterocycles. The Bertz CT molecular complexity index is 353. The largest absolute Gasteiger partial charge is 0.394 e. The summed E-state index contributed by atoms with van der Waals surface area (Å²) in [6.45, 7) is 3.27. The lowest BCUT2D eigenvalue weighted by molar-refractivity contribution is 0.104. The normalized spacial score (nSPS) is 29.5. The second-order valence-corrected chi connectivity index (χ2v) is 5.46. The molecule has 0 saturated heterocycles. The maximum absolute atomic E-state index is 9.62. The molecule has 0 aliphatic heterocycles. The predicted octanol–water partition coefficient (Wildman–Crippen LogP) is 1.45. The smallest absolute Gasteiger partial charge is 0.0762 e. The van der Waals surface area contributed by atoms with Gasteiger partial charge in [0.2, 0.25) is 0 Å². The molecule has 1 fully saturated rings. The van der Waals surface area contributed by atoms with E-state index in [0.717, 1.165) is 31.0 Å². The zero-order valence-electron chi connectivity index (χ0n) is 10.8. The predicted molar refractivity (Wildman–Crippen MR) is 67.5 cm³/mol. The molecule has 0 spiro atoms. The number of hydrogen-bond donors (Lipinski definition) is 2. The Kier molecular flexibility index (Phi) is 3.84. The van der Waals surface area contributed by atoms with Crippen LogP contribution in [0.2, 0.25) is 0 Å². The summed E-state index contributed by atoms with van der Waals surface area (Å²) in [5.41, 5.74) is 0.961. The average molecular weight is 237 g/mol. The van der Waals surface area contributed by atoms with Crippen LogP contribution in [0.5, 0.6) is 0 Å². The summed E-state index contributed by atoms with van der Waals surface area (Å²) in [6, 6.07) is 2.02. The van der Waals surface area contributed by atoms with Crippen molar-refractivity contribution in [2.45, 2.75) is 44.7 Å². The van der Waals surface area contributed by atoms with Gasteiger partial charge in [-0.2, -0.15) is 5.10 Å². The first-order valence-corrected chi connectivity index (χ1v) is 6.48. The topological polar surface area (TPSA) is 50.1 Å². The van der Waals surface area contributed by atoms with Crippen LogP contribution in [0.1, 0.15) is 38.3 Å². The second-order valence-electron chi connectivity index (χ2n) is 5.46. The third-order valence-corrected chi connectivity index (χ3v) is 3.95. The molecule has 0 bridgehead atoms. The Balaban J connectivity index is 1.91. The number of nitrogens with one attached hydrogen (secondary N) is 1. The van der Waals surface area contributed by atoms with Crippen LogP contribution in [-0.4, -0.2) is 27.0 Å². The van der Waals surface area contributed by atoms with Gasteiger partial charge in [0.05, 0.1) is 12.3 Å². The highest BCUT2D eigenvalue weighted by molar-refractivity contribution is 5.01. The maximum Gasteiger partial charge on any atom is 0.0762 e. The summed E-state index contributed by atoms with van der Waals surface area (Å²) in [5, 5.41) is 17.5. The van der Waals surface area contributed by atoms with Crippen molar-refractivity contribution in [1.82, 2.24) is 15.1 Å². The van der Waals surface area contributed by atoms with Gasteiger partial charge in [0.1, 0.15) is 0 Å². The Morgan fingerprint density at radius 2 is 2.24 bits per heavy atom. The molecule has 96 valence electrons. The average Bonchev–Trinajstić information content (AvgIpc) is 2.75. The zero-order valence-corrected chi connectivity index (χ0v) is 10.8. The van der Waals surface area contributed by atoms with Gasteiger partial charge in [-0.3, -0.25) is 4.68 Å². The van der Waals surface area contributed by atoms with Crippen molar-refractivity contribution in [3.05, 3.63) is 18.0 Å². The first-order chi connectivity index (χ1) is 8.13. The van der Waals surface area contributed by atoms with Crippen LogP contribution in [0.25, 0.3) is 0 Å². The molecule has 2 rings (SSSR count). The number of aromatic nitrogens is 2. The van der Waals surface area contributed by atoms with Crippen molar-refractivity contribution in [3.63, 3.8) is 0 Å². The molecule has 1 aliphatic carbocycles. The van der Waals surface area contributed by atoms with E-state index >= 15 is 0 Å². The highest BCUT2D eigenvalue weighted by atomic mass is 16.3. The van der Waals surface area contributed by atoms with Gasteiger partial charge in [-0.15, -0.1) is 0 Å². The summed E-state index contributed by atoms with van der Waals surface area (Å²) in [6.07, 6.45) is 6.49. The van der Waals surface area contributed by atoms with Crippen molar-refractivity contribution < 1.29 is 5.11 Å². The molecule has 17 heavy (non-hydrogen) atoms. The van der Waals surface area contributed by atoms with E-state index in [4.69, 9.17) is 0 Å². The summed E-state index contributed by atoms with van der Waals surface area (Å²) in [5.74, 6) is 0.798. The van der Waals surface area contributed by atoms with Gasteiger partial charge in [0.25, 0.3) is 0 Å². The lowest BCUT2D eigenvalue weighted by Gasteiger charge is -2.38. The van der Waals surface area contributed by atoms with Crippen molar-refractivity contribution >= 4 is 0 Å². The fourth-order valence-electron chi connectivity index (χ4n) is 2.54. The third-order valence-electron chi connectivity index (χ3n) is 3.95. The van der Waals surface area contributed by atoms with Crippen molar-refractivity contribution in [2.75, 3.05) is 6.61 Å². The van der Waals surface area contributed by atoms with E-state index in [0.29, 0.717) is 0 Å². The SMILES string of the molecule is CC1CCC(CO)(NCc2ccn(C)n2)CC1. The Morgan fingerprint density at radius 3 is 2.76 bits per heavy atom. The number of rotatable bonds is 4. The number of aliphatic hydroxyl groups is 1. The lowest BCUT2D eigenvalue weighted by Crippen LogP contribution is -2.50. The number of aryl methyl sites for hydroxylation is 1. The number of hydrogen-bond acceptors (Lipinski definition) is 3. The summed E-state index contributed by atoms with van der Waals surface area (Å²) >= 11 is 0. The van der Waals surface area contributed by atoms with Gasteiger partial charge in [0.15, 0.2) is 0 Å². The molecule has 1 aromatic heterocycles. The minimum absolute atomic E-state index is 0.0793. The van der Waals surface area contributed by atoms with Crippen LogP contribution in [0.15, 0.2) is 12.3 Å². The van der Waals surface area contributed by atoms with E-state index in [1.165, 1.54) is 12.8 Å². The van der Waals surface area contributed by atoms with Crippen LogP contribution in [0.3, 0.4) is 0 Å². The number of aliphatic hydroxyl groups excluding tert-OH is 1. The van der Waals surface area contributed by atoms with Crippen LogP contribution in [0, 0.1) is 5.92 Å². The molecule has 1 aliphatic rings. The van der Waals surface area contributed by atoms with E-state index in [9.17, 15) is 5.11 Å². The first-order valence-electron chi connectivity index (χ1n) is 6.48. The molecule has 0 atom stereocenters. The Hall–Kier alpha value is -0.870. The Labute approximate surface area is 103 Å². The summed E-state index contributed by atoms with van der Waals surface area (Å²) < 4.78 is 1.81. The van der Waals surface area contributed by atoms with E-state index in [2.05, 4.69) is 17.3 Å². The standard InChI is InChI=1S/C13H23N3O/c1-11-3-6-13(10-17,7-4-11)14-9-12-5-8-16(2)15-12/h5,8,11,14,17H,3-4,6-7,9-10H2,1-2H3. The first kappa shape index (κ1) is 12.6. The van der Waals surface area contributed by atoms with Crippen molar-refractivity contribution in [1.29, 1.82) is 0 Å². The van der Waals surface area contributed by atoms with Crippen LogP contribution >= 0.6 is 0 Å². The molecular weight excluding hydrogens is 214 g/mol. The lowest BCUT2D eigenvalue weighted by atomic mass is 9.77. The zero-order chi connectivity index (χ0) is 12.3. The quantitative estimate of drug-likeness (QED) is 0.833. The van der Waals surface area contributed by atoms with Gasteiger partial charge in [-0.25, -0.2) is 0 Å². The molecule has 4 heteroatoms. The highest BCUT2D eigenvalue weighted by Gasteiger charge is 2.33. The summed E-state index contributed by atoms with van der Waals surface area (Å²) in [4.78, 5) is 0.